The Morgan fingerprint density at radius 2 is 2.00 bits per heavy atom. The average molecular weight is 297 g/mol. The Morgan fingerprint density at radius 3 is 2.68 bits per heavy atom. The molecule has 3 aromatic rings. The molecule has 0 saturated heterocycles. The van der Waals surface area contributed by atoms with Gasteiger partial charge in [-0.05, 0) is 31.5 Å². The van der Waals surface area contributed by atoms with Crippen molar-refractivity contribution in [2.75, 3.05) is 6.61 Å². The number of nitrogens with zero attached hydrogens (tertiary/aromatic N) is 3. The third kappa shape index (κ3) is 2.66. The summed E-state index contributed by atoms with van der Waals surface area (Å²) < 4.78 is 11.0. The molecule has 0 aliphatic heterocycles. The maximum Gasteiger partial charge on any atom is 0.229 e. The molecule has 0 aliphatic rings. The Morgan fingerprint density at radius 1 is 1.18 bits per heavy atom. The van der Waals surface area contributed by atoms with E-state index in [1.807, 2.05) is 45.9 Å². The first-order valence-corrected chi connectivity index (χ1v) is 7.46. The first-order valence-electron chi connectivity index (χ1n) is 7.46. The molecule has 0 atom stereocenters. The van der Waals surface area contributed by atoms with Gasteiger partial charge in [-0.2, -0.15) is 4.98 Å². The highest BCUT2D eigenvalue weighted by molar-refractivity contribution is 5.85. The Balaban J connectivity index is 2.16. The molecule has 2 heterocycles. The van der Waals surface area contributed by atoms with Crippen molar-refractivity contribution in [2.45, 2.75) is 33.6 Å². The molecule has 0 radical (unpaired) electrons. The quantitative estimate of drug-likeness (QED) is 0.725. The maximum atomic E-state index is 5.68. The van der Waals surface area contributed by atoms with Crippen LogP contribution in [0, 0.1) is 6.92 Å². The van der Waals surface area contributed by atoms with Crippen LogP contribution < -0.4 is 4.74 Å². The Kier molecular flexibility index (Phi) is 3.79. The van der Waals surface area contributed by atoms with Gasteiger partial charge in [0.05, 0.1) is 17.7 Å². The van der Waals surface area contributed by atoms with Gasteiger partial charge in [0, 0.05) is 11.3 Å². The zero-order valence-electron chi connectivity index (χ0n) is 13.3. The zero-order valence-corrected chi connectivity index (χ0v) is 13.3. The van der Waals surface area contributed by atoms with Crippen LogP contribution in [0.5, 0.6) is 5.88 Å². The second kappa shape index (κ2) is 5.75. The summed E-state index contributed by atoms with van der Waals surface area (Å²) in [6, 6.07) is 8.14. The first kappa shape index (κ1) is 14.5. The minimum absolute atomic E-state index is 0.188. The monoisotopic (exact) mass is 297 g/mol. The molecule has 5 nitrogen and oxygen atoms in total. The largest absolute Gasteiger partial charge is 0.477 e. The molecule has 2 aromatic heterocycles. The average Bonchev–Trinajstić information content (AvgIpc) is 2.96. The normalized spacial score (nSPS) is 11.3. The van der Waals surface area contributed by atoms with Gasteiger partial charge in [-0.1, -0.05) is 31.1 Å². The summed E-state index contributed by atoms with van der Waals surface area (Å²) in [5.41, 5.74) is 2.82. The van der Waals surface area contributed by atoms with E-state index < -0.39 is 0 Å². The summed E-state index contributed by atoms with van der Waals surface area (Å²) in [5.74, 6) is 1.85. The van der Waals surface area contributed by atoms with Crippen LogP contribution in [0.2, 0.25) is 0 Å². The van der Waals surface area contributed by atoms with Gasteiger partial charge in [-0.15, -0.1) is 0 Å². The molecule has 3 rings (SSSR count). The van der Waals surface area contributed by atoms with E-state index in [1.165, 1.54) is 0 Å². The summed E-state index contributed by atoms with van der Waals surface area (Å²) in [6.07, 6.45) is 0. The van der Waals surface area contributed by atoms with E-state index in [0.29, 0.717) is 24.2 Å². The van der Waals surface area contributed by atoms with Crippen LogP contribution in [0.25, 0.3) is 22.3 Å². The van der Waals surface area contributed by atoms with Crippen LogP contribution >= 0.6 is 0 Å². The van der Waals surface area contributed by atoms with E-state index in [9.17, 15) is 0 Å². The highest BCUT2D eigenvalue weighted by atomic mass is 16.5. The molecule has 0 spiro atoms. The number of pyridine rings is 1. The lowest BCUT2D eigenvalue weighted by atomic mass is 10.1. The van der Waals surface area contributed by atoms with E-state index in [-0.39, 0.29) is 5.92 Å². The highest BCUT2D eigenvalue weighted by Gasteiger charge is 2.17. The van der Waals surface area contributed by atoms with Crippen molar-refractivity contribution in [1.29, 1.82) is 0 Å². The van der Waals surface area contributed by atoms with E-state index in [1.54, 1.807) is 0 Å². The van der Waals surface area contributed by atoms with Gasteiger partial charge in [-0.3, -0.25) is 0 Å². The zero-order chi connectivity index (χ0) is 15.7. The number of hydrogen-bond donors (Lipinski definition) is 0. The molecule has 0 bridgehead atoms. The van der Waals surface area contributed by atoms with Crippen molar-refractivity contribution in [2.24, 2.45) is 0 Å². The summed E-state index contributed by atoms with van der Waals surface area (Å²) in [5, 5.41) is 5.10. The Labute approximate surface area is 129 Å². The van der Waals surface area contributed by atoms with Crippen molar-refractivity contribution in [3.8, 4) is 17.3 Å². The second-order valence-electron chi connectivity index (χ2n) is 5.58. The van der Waals surface area contributed by atoms with Gasteiger partial charge in [0.2, 0.25) is 17.6 Å². The number of aryl methyl sites for hydroxylation is 1. The van der Waals surface area contributed by atoms with E-state index in [2.05, 4.69) is 21.2 Å². The molecule has 22 heavy (non-hydrogen) atoms. The fourth-order valence-electron chi connectivity index (χ4n) is 2.25. The van der Waals surface area contributed by atoms with Crippen molar-refractivity contribution < 1.29 is 9.26 Å². The van der Waals surface area contributed by atoms with Crippen molar-refractivity contribution in [1.82, 2.24) is 15.1 Å². The molecule has 5 heteroatoms. The highest BCUT2D eigenvalue weighted by Crippen LogP contribution is 2.31. The summed E-state index contributed by atoms with van der Waals surface area (Å²) in [4.78, 5) is 9.06. The summed E-state index contributed by atoms with van der Waals surface area (Å²) >= 11 is 0. The molecular weight excluding hydrogens is 278 g/mol. The van der Waals surface area contributed by atoms with Crippen molar-refractivity contribution in [3.05, 3.63) is 35.7 Å². The topological polar surface area (TPSA) is 61.0 Å². The van der Waals surface area contributed by atoms with E-state index in [0.717, 1.165) is 22.0 Å². The predicted octanol–water partition coefficient (Wildman–Crippen LogP) is 4.12. The van der Waals surface area contributed by atoms with E-state index >= 15 is 0 Å². The van der Waals surface area contributed by atoms with Gasteiger partial charge in [0.25, 0.3) is 0 Å². The lowest BCUT2D eigenvalue weighted by Gasteiger charge is -2.08. The van der Waals surface area contributed by atoms with Crippen LogP contribution in [0.15, 0.2) is 28.8 Å². The number of aromatic nitrogens is 3. The molecule has 0 N–H and O–H groups in total. The van der Waals surface area contributed by atoms with Crippen molar-refractivity contribution in [3.63, 3.8) is 0 Å². The second-order valence-corrected chi connectivity index (χ2v) is 5.58. The minimum atomic E-state index is 0.188. The fourth-order valence-corrected chi connectivity index (χ4v) is 2.25. The molecule has 0 unspecified atom stereocenters. The first-order chi connectivity index (χ1) is 10.6. The van der Waals surface area contributed by atoms with Gasteiger partial charge < -0.3 is 9.26 Å². The predicted molar refractivity (Wildman–Crippen MR) is 85.0 cm³/mol. The molecule has 1 aromatic carbocycles. The number of rotatable bonds is 4. The van der Waals surface area contributed by atoms with Crippen LogP contribution in [-0.2, 0) is 0 Å². The van der Waals surface area contributed by atoms with Gasteiger partial charge in [0.1, 0.15) is 0 Å². The van der Waals surface area contributed by atoms with Crippen LogP contribution in [0.1, 0.15) is 38.1 Å². The van der Waals surface area contributed by atoms with Gasteiger partial charge in [0.15, 0.2) is 0 Å². The van der Waals surface area contributed by atoms with Crippen molar-refractivity contribution >= 4 is 10.9 Å². The Hall–Kier alpha value is -2.43. The number of fused-ring (bicyclic) bond motifs is 1. The SMILES string of the molecule is CCOc1nc2cc(C)ccc2cc1-c1noc(C(C)C)n1. The fraction of sp³-hybridized carbons (Fsp3) is 0.353. The molecule has 0 fully saturated rings. The molecular formula is C17H19N3O2. The third-order valence-corrected chi connectivity index (χ3v) is 3.40. The summed E-state index contributed by atoms with van der Waals surface area (Å²) in [7, 11) is 0. The standard InChI is InChI=1S/C17H19N3O2/c1-5-21-17-13(15-19-16(10(2)3)22-20-15)9-12-7-6-11(4)8-14(12)18-17/h6-10H,5H2,1-4H3. The molecule has 0 saturated carbocycles. The number of benzene rings is 1. The van der Waals surface area contributed by atoms with Crippen LogP contribution in [0.4, 0.5) is 0 Å². The van der Waals surface area contributed by atoms with Gasteiger partial charge >= 0.3 is 0 Å². The van der Waals surface area contributed by atoms with Crippen LogP contribution in [0.3, 0.4) is 0 Å². The molecule has 114 valence electrons. The van der Waals surface area contributed by atoms with Gasteiger partial charge in [-0.25, -0.2) is 4.98 Å². The molecule has 0 amide bonds. The minimum Gasteiger partial charge on any atom is -0.477 e. The lowest BCUT2D eigenvalue weighted by Crippen LogP contribution is -1.99. The maximum absolute atomic E-state index is 5.68. The number of ether oxygens (including phenoxy) is 1. The van der Waals surface area contributed by atoms with E-state index in [4.69, 9.17) is 9.26 Å². The smallest absolute Gasteiger partial charge is 0.229 e. The Bertz CT molecular complexity index is 809. The number of hydrogen-bond acceptors (Lipinski definition) is 5. The molecule has 0 aliphatic carbocycles. The third-order valence-electron chi connectivity index (χ3n) is 3.40. The summed E-state index contributed by atoms with van der Waals surface area (Å²) in [6.45, 7) is 8.54. The lowest BCUT2D eigenvalue weighted by molar-refractivity contribution is 0.329. The van der Waals surface area contributed by atoms with Crippen LogP contribution in [-0.4, -0.2) is 21.7 Å².